The minimum atomic E-state index is -3.70. The third-order valence-corrected chi connectivity index (χ3v) is 7.17. The van der Waals surface area contributed by atoms with Gasteiger partial charge in [-0.3, -0.25) is 9.98 Å². The summed E-state index contributed by atoms with van der Waals surface area (Å²) in [6.07, 6.45) is 3.15. The molecule has 0 bridgehead atoms. The summed E-state index contributed by atoms with van der Waals surface area (Å²) in [5.41, 5.74) is 2.51. The Kier molecular flexibility index (Phi) is 6.90. The number of phenolic OH excluding ortho intramolecular Hbond substituents is 2. The quantitative estimate of drug-likeness (QED) is 0.288. The highest BCUT2D eigenvalue weighted by atomic mass is 79.9. The van der Waals surface area contributed by atoms with E-state index in [1.807, 2.05) is 0 Å². The van der Waals surface area contributed by atoms with Crippen molar-refractivity contribution < 1.29 is 18.6 Å². The molecular weight excluding hydrogens is 516 g/mol. The van der Waals surface area contributed by atoms with E-state index in [4.69, 9.17) is 0 Å². The maximum absolute atomic E-state index is 13.0. The predicted molar refractivity (Wildman–Crippen MR) is 137 cm³/mol. The second kappa shape index (κ2) is 10.0. The zero-order valence-corrected chi connectivity index (χ0v) is 20.1. The van der Waals surface area contributed by atoms with Crippen molar-refractivity contribution >= 4 is 49.6 Å². The van der Waals surface area contributed by atoms with E-state index >= 15 is 0 Å². The highest BCUT2D eigenvalue weighted by Crippen LogP contribution is 2.26. The highest BCUT2D eigenvalue weighted by molar-refractivity contribution is 9.10. The Labute approximate surface area is 205 Å². The van der Waals surface area contributed by atoms with Gasteiger partial charge in [-0.15, -0.1) is 0 Å². The third kappa shape index (κ3) is 5.59. The van der Waals surface area contributed by atoms with E-state index in [9.17, 15) is 18.6 Å². The van der Waals surface area contributed by atoms with E-state index in [0.717, 1.165) is 10.0 Å². The number of nitrogens with zero attached hydrogens (tertiary/aromatic N) is 2. The number of sulfone groups is 1. The van der Waals surface area contributed by atoms with Gasteiger partial charge in [0, 0.05) is 22.5 Å². The molecule has 6 nitrogen and oxygen atoms in total. The van der Waals surface area contributed by atoms with E-state index in [0.29, 0.717) is 16.9 Å². The number of phenols is 2. The number of hydrogen-bond donors (Lipinski definition) is 2. The molecule has 2 N–H and O–H groups in total. The highest BCUT2D eigenvalue weighted by Gasteiger charge is 2.17. The summed E-state index contributed by atoms with van der Waals surface area (Å²) in [4.78, 5) is 8.95. The smallest absolute Gasteiger partial charge is 0.206 e. The molecule has 8 heteroatoms. The first-order valence-corrected chi connectivity index (χ1v) is 12.4. The Balaban J connectivity index is 1.48. The van der Waals surface area contributed by atoms with Crippen LogP contribution in [0.1, 0.15) is 11.1 Å². The van der Waals surface area contributed by atoms with Crippen LogP contribution in [0.2, 0.25) is 0 Å². The molecule has 4 aromatic rings. The first-order valence-electron chi connectivity index (χ1n) is 10.1. The molecular formula is C26H19BrN2O4S. The van der Waals surface area contributed by atoms with Crippen LogP contribution in [0.3, 0.4) is 0 Å². The fraction of sp³-hybridized carbons (Fsp3) is 0. The second-order valence-electron chi connectivity index (χ2n) is 7.30. The van der Waals surface area contributed by atoms with Crippen molar-refractivity contribution in [3.63, 3.8) is 0 Å². The van der Waals surface area contributed by atoms with Gasteiger partial charge in [0.15, 0.2) is 0 Å². The van der Waals surface area contributed by atoms with Crippen molar-refractivity contribution in [2.75, 3.05) is 0 Å². The van der Waals surface area contributed by atoms with E-state index in [1.54, 1.807) is 72.9 Å². The normalized spacial score (nSPS) is 11.9. The summed E-state index contributed by atoms with van der Waals surface area (Å²) in [6.45, 7) is 0. The molecule has 0 radical (unpaired) electrons. The lowest BCUT2D eigenvalue weighted by Gasteiger charge is -2.05. The molecule has 0 fully saturated rings. The van der Waals surface area contributed by atoms with Crippen LogP contribution in [0.4, 0.5) is 11.4 Å². The van der Waals surface area contributed by atoms with Crippen molar-refractivity contribution in [2.45, 2.75) is 9.79 Å². The van der Waals surface area contributed by atoms with Crippen molar-refractivity contribution in [1.29, 1.82) is 0 Å². The molecule has 0 spiro atoms. The molecule has 0 aliphatic rings. The summed E-state index contributed by atoms with van der Waals surface area (Å²) in [7, 11) is -3.70. The van der Waals surface area contributed by atoms with Crippen molar-refractivity contribution in [3.8, 4) is 11.5 Å². The molecule has 0 aromatic heterocycles. The second-order valence-corrected chi connectivity index (χ2v) is 10.2. The van der Waals surface area contributed by atoms with Gasteiger partial charge < -0.3 is 10.2 Å². The standard InChI is InChI=1S/C26H19BrN2O4S/c27-20-3-14-26(31)19(15-20)17-29-22-6-12-25(13-7-22)34(32,33)24-10-4-21(5-11-24)28-16-18-1-8-23(30)9-2-18/h1-17,30-31H. The van der Waals surface area contributed by atoms with E-state index in [1.165, 1.54) is 30.5 Å². The zero-order chi connectivity index (χ0) is 24.1. The van der Waals surface area contributed by atoms with Gasteiger partial charge >= 0.3 is 0 Å². The zero-order valence-electron chi connectivity index (χ0n) is 17.7. The summed E-state index contributed by atoms with van der Waals surface area (Å²) in [5, 5.41) is 19.2. The molecule has 0 saturated heterocycles. The van der Waals surface area contributed by atoms with Gasteiger partial charge in [0.1, 0.15) is 11.5 Å². The largest absolute Gasteiger partial charge is 0.508 e. The van der Waals surface area contributed by atoms with Gasteiger partial charge in [-0.1, -0.05) is 15.9 Å². The Morgan fingerprint density at radius 3 is 1.76 bits per heavy atom. The summed E-state index contributed by atoms with van der Waals surface area (Å²) in [6, 6.07) is 24.1. The number of hydrogen-bond acceptors (Lipinski definition) is 6. The maximum atomic E-state index is 13.0. The van der Waals surface area contributed by atoms with Gasteiger partial charge in [-0.25, -0.2) is 8.42 Å². The third-order valence-electron chi connectivity index (χ3n) is 4.89. The SMILES string of the molecule is O=S(=O)(c1ccc(N=Cc2ccc(O)cc2)cc1)c1ccc(N=Cc2cc(Br)ccc2O)cc1. The first kappa shape index (κ1) is 23.4. The monoisotopic (exact) mass is 534 g/mol. The van der Waals surface area contributed by atoms with E-state index in [-0.39, 0.29) is 21.3 Å². The van der Waals surface area contributed by atoms with Gasteiger partial charge in [0.05, 0.1) is 21.2 Å². The minimum absolute atomic E-state index is 0.0991. The maximum Gasteiger partial charge on any atom is 0.206 e. The number of halogens is 1. The van der Waals surface area contributed by atoms with Crippen molar-refractivity contribution in [3.05, 3.63) is 107 Å². The Bertz CT molecular complexity index is 1460. The number of aromatic hydroxyl groups is 2. The van der Waals surface area contributed by atoms with E-state index in [2.05, 4.69) is 25.9 Å². The predicted octanol–water partition coefficient (Wildman–Crippen LogP) is 6.19. The molecule has 0 heterocycles. The molecule has 4 aromatic carbocycles. The van der Waals surface area contributed by atoms with Crippen LogP contribution in [0.25, 0.3) is 0 Å². The molecule has 0 unspecified atom stereocenters. The summed E-state index contributed by atoms with van der Waals surface area (Å²) >= 11 is 3.35. The Hall–Kier alpha value is -3.75. The van der Waals surface area contributed by atoms with Crippen LogP contribution < -0.4 is 0 Å². The Morgan fingerprint density at radius 1 is 0.676 bits per heavy atom. The summed E-state index contributed by atoms with van der Waals surface area (Å²) in [5.74, 6) is 0.275. The minimum Gasteiger partial charge on any atom is -0.508 e. The van der Waals surface area contributed by atoms with Crippen LogP contribution >= 0.6 is 15.9 Å². The van der Waals surface area contributed by atoms with Crippen molar-refractivity contribution in [1.82, 2.24) is 0 Å². The molecule has 0 atom stereocenters. The lowest BCUT2D eigenvalue weighted by Crippen LogP contribution is -2.01. The topological polar surface area (TPSA) is 99.3 Å². The van der Waals surface area contributed by atoms with Crippen LogP contribution in [0.15, 0.2) is 115 Å². The lowest BCUT2D eigenvalue weighted by atomic mass is 10.2. The molecule has 4 rings (SSSR count). The number of aliphatic imine (C=N–C) groups is 2. The average molecular weight is 535 g/mol. The fourth-order valence-corrected chi connectivity index (χ4v) is 4.68. The van der Waals surface area contributed by atoms with Gasteiger partial charge in [-0.2, -0.15) is 0 Å². The molecule has 34 heavy (non-hydrogen) atoms. The lowest BCUT2D eigenvalue weighted by molar-refractivity contribution is 0.474. The van der Waals surface area contributed by atoms with Crippen molar-refractivity contribution in [2.24, 2.45) is 9.98 Å². The van der Waals surface area contributed by atoms with E-state index < -0.39 is 9.84 Å². The molecule has 0 aliphatic heterocycles. The molecule has 0 amide bonds. The van der Waals surface area contributed by atoms with Gasteiger partial charge in [0.25, 0.3) is 0 Å². The fourth-order valence-electron chi connectivity index (χ4n) is 3.04. The first-order chi connectivity index (χ1) is 16.3. The van der Waals surface area contributed by atoms with Crippen LogP contribution in [0, 0.1) is 0 Å². The average Bonchev–Trinajstić information content (AvgIpc) is 2.85. The van der Waals surface area contributed by atoms with Gasteiger partial charge in [-0.05, 0) is 96.6 Å². The van der Waals surface area contributed by atoms with Crippen LogP contribution in [-0.4, -0.2) is 31.1 Å². The van der Waals surface area contributed by atoms with Crippen LogP contribution in [0.5, 0.6) is 11.5 Å². The van der Waals surface area contributed by atoms with Gasteiger partial charge in [0.2, 0.25) is 9.84 Å². The Morgan fingerprint density at radius 2 is 1.21 bits per heavy atom. The number of rotatable bonds is 6. The number of benzene rings is 4. The summed E-state index contributed by atoms with van der Waals surface area (Å²) < 4.78 is 26.8. The molecule has 0 saturated carbocycles. The molecule has 0 aliphatic carbocycles. The molecule has 170 valence electrons. The van der Waals surface area contributed by atoms with Crippen LogP contribution in [-0.2, 0) is 9.84 Å².